The number of aldehydes is 1. The van der Waals surface area contributed by atoms with Gasteiger partial charge in [-0.15, -0.1) is 0 Å². The lowest BCUT2D eigenvalue weighted by Crippen LogP contribution is -2.13. The molecule has 2 rings (SSSR count). The summed E-state index contributed by atoms with van der Waals surface area (Å²) in [6.45, 7) is 15.2. The molecule has 0 spiro atoms. The van der Waals surface area contributed by atoms with E-state index in [2.05, 4.69) is 94.0 Å². The smallest absolute Gasteiger partial charge is 0.152 e. The Morgan fingerprint density at radius 2 is 1.52 bits per heavy atom. The lowest BCUT2D eigenvalue weighted by molar-refractivity contribution is 0.112. The zero-order chi connectivity index (χ0) is 19.0. The Kier molecular flexibility index (Phi) is 5.48. The van der Waals surface area contributed by atoms with Crippen molar-refractivity contribution in [3.05, 3.63) is 57.1 Å². The molecule has 0 saturated heterocycles. The van der Waals surface area contributed by atoms with Crippen molar-refractivity contribution in [1.29, 1.82) is 0 Å². The van der Waals surface area contributed by atoms with Crippen molar-refractivity contribution in [2.45, 2.75) is 59.3 Å². The maximum absolute atomic E-state index is 11.7. The summed E-state index contributed by atoms with van der Waals surface area (Å²) in [7, 11) is 0. The third-order valence-corrected chi connectivity index (χ3v) is 5.09. The molecule has 0 amide bonds. The minimum absolute atomic E-state index is 0.0108. The van der Waals surface area contributed by atoms with Gasteiger partial charge in [0.05, 0.1) is 5.69 Å². The zero-order valence-corrected chi connectivity index (χ0v) is 17.8. The van der Waals surface area contributed by atoms with Gasteiger partial charge in [0, 0.05) is 15.7 Å². The maximum atomic E-state index is 11.7. The number of anilines is 2. The van der Waals surface area contributed by atoms with Crippen LogP contribution in [0.1, 0.15) is 68.6 Å². The van der Waals surface area contributed by atoms with Gasteiger partial charge in [0.15, 0.2) is 6.29 Å². The fourth-order valence-corrected chi connectivity index (χ4v) is 3.27. The first kappa shape index (κ1) is 19.7. The molecule has 0 unspecified atom stereocenters. The molecule has 0 aliphatic rings. The highest BCUT2D eigenvalue weighted by molar-refractivity contribution is 9.10. The molecule has 0 saturated carbocycles. The van der Waals surface area contributed by atoms with Crippen LogP contribution in [0.3, 0.4) is 0 Å². The Morgan fingerprint density at radius 1 is 0.920 bits per heavy atom. The van der Waals surface area contributed by atoms with E-state index in [9.17, 15) is 4.79 Å². The normalized spacial score (nSPS) is 12.2. The van der Waals surface area contributed by atoms with Gasteiger partial charge in [0.1, 0.15) is 0 Å². The van der Waals surface area contributed by atoms with E-state index in [0.29, 0.717) is 5.56 Å². The second-order valence-corrected chi connectivity index (χ2v) is 9.55. The van der Waals surface area contributed by atoms with Gasteiger partial charge in [0.2, 0.25) is 0 Å². The highest BCUT2D eigenvalue weighted by Crippen LogP contribution is 2.36. The minimum atomic E-state index is -0.0108. The van der Waals surface area contributed by atoms with Gasteiger partial charge in [-0.3, -0.25) is 4.79 Å². The van der Waals surface area contributed by atoms with Gasteiger partial charge >= 0.3 is 0 Å². The predicted octanol–water partition coefficient (Wildman–Crippen LogP) is 6.91. The number of rotatable bonds is 3. The quantitative estimate of drug-likeness (QED) is 0.565. The van der Waals surface area contributed by atoms with Crippen LogP contribution in [0, 0.1) is 6.92 Å². The lowest BCUT2D eigenvalue weighted by Gasteiger charge is -2.23. The molecule has 2 nitrogen and oxygen atoms in total. The van der Waals surface area contributed by atoms with Gasteiger partial charge in [0.25, 0.3) is 0 Å². The van der Waals surface area contributed by atoms with Crippen molar-refractivity contribution < 1.29 is 4.79 Å². The molecule has 0 heterocycles. The molecule has 0 aliphatic carbocycles. The van der Waals surface area contributed by atoms with Crippen LogP contribution in [-0.2, 0) is 10.8 Å². The largest absolute Gasteiger partial charge is 0.354 e. The third kappa shape index (κ3) is 4.52. The van der Waals surface area contributed by atoms with Crippen molar-refractivity contribution in [3.63, 3.8) is 0 Å². The highest BCUT2D eigenvalue weighted by atomic mass is 79.9. The molecular formula is C22H28BrNO. The molecule has 3 heteroatoms. The van der Waals surface area contributed by atoms with Gasteiger partial charge in [-0.1, -0.05) is 53.7 Å². The van der Waals surface area contributed by atoms with E-state index in [-0.39, 0.29) is 10.8 Å². The van der Waals surface area contributed by atoms with Crippen LogP contribution in [-0.4, -0.2) is 6.29 Å². The second-order valence-electron chi connectivity index (χ2n) is 8.69. The summed E-state index contributed by atoms with van der Waals surface area (Å²) in [5.41, 5.74) is 6.19. The van der Waals surface area contributed by atoms with Crippen LogP contribution in [0.15, 0.2) is 34.8 Å². The summed E-state index contributed by atoms with van der Waals surface area (Å²) in [4.78, 5) is 11.7. The summed E-state index contributed by atoms with van der Waals surface area (Å²) in [5.74, 6) is 0. The SMILES string of the molecule is Cc1cc(C(C)(C)C)ccc1Nc1c(Br)cc(C(C)(C)C)cc1C=O. The summed E-state index contributed by atoms with van der Waals surface area (Å²) < 4.78 is 0.904. The van der Waals surface area contributed by atoms with Crippen LogP contribution in [0.25, 0.3) is 0 Å². The molecule has 0 radical (unpaired) electrons. The van der Waals surface area contributed by atoms with Gasteiger partial charge in [-0.25, -0.2) is 0 Å². The average molecular weight is 402 g/mol. The van der Waals surface area contributed by atoms with Gasteiger partial charge < -0.3 is 5.32 Å². The van der Waals surface area contributed by atoms with E-state index in [4.69, 9.17) is 0 Å². The first-order valence-corrected chi connectivity index (χ1v) is 9.40. The topological polar surface area (TPSA) is 29.1 Å². The van der Waals surface area contributed by atoms with Gasteiger partial charge in [-0.2, -0.15) is 0 Å². The summed E-state index contributed by atoms with van der Waals surface area (Å²) in [5, 5.41) is 3.44. The zero-order valence-electron chi connectivity index (χ0n) is 16.3. The van der Waals surface area contributed by atoms with E-state index in [0.717, 1.165) is 33.3 Å². The van der Waals surface area contributed by atoms with Crippen LogP contribution < -0.4 is 5.32 Å². The summed E-state index contributed by atoms with van der Waals surface area (Å²) in [6.07, 6.45) is 0.918. The Bertz CT molecular complexity index is 795. The first-order chi connectivity index (χ1) is 11.4. The lowest BCUT2D eigenvalue weighted by atomic mass is 9.85. The Hall–Kier alpha value is -1.61. The second kappa shape index (κ2) is 6.95. The fraction of sp³-hybridized carbons (Fsp3) is 0.409. The Balaban J connectivity index is 2.46. The summed E-state index contributed by atoms with van der Waals surface area (Å²) in [6, 6.07) is 10.5. The molecule has 1 N–H and O–H groups in total. The maximum Gasteiger partial charge on any atom is 0.152 e. The van der Waals surface area contributed by atoms with Crippen molar-refractivity contribution in [3.8, 4) is 0 Å². The number of carbonyl (C=O) groups excluding carboxylic acids is 1. The molecule has 2 aromatic carbocycles. The van der Waals surface area contributed by atoms with E-state index < -0.39 is 0 Å². The van der Waals surface area contributed by atoms with Crippen molar-refractivity contribution >= 4 is 33.6 Å². The number of aryl methyl sites for hydroxylation is 1. The molecule has 0 bridgehead atoms. The predicted molar refractivity (Wildman–Crippen MR) is 111 cm³/mol. The monoisotopic (exact) mass is 401 g/mol. The standard InChI is InChI=1S/C22H28BrNO/c1-14-10-16(21(2,3)4)8-9-19(14)24-20-15(13-25)11-17(12-18(20)23)22(5,6)7/h8-13,24H,1-7H3. The van der Waals surface area contributed by atoms with Gasteiger partial charge in [-0.05, 0) is 68.6 Å². The number of nitrogens with one attached hydrogen (secondary N) is 1. The summed E-state index contributed by atoms with van der Waals surface area (Å²) >= 11 is 3.64. The molecule has 2 aromatic rings. The van der Waals surface area contributed by atoms with Crippen LogP contribution >= 0.6 is 15.9 Å². The Morgan fingerprint density at radius 3 is 2.00 bits per heavy atom. The molecular weight excluding hydrogens is 374 g/mol. The highest BCUT2D eigenvalue weighted by Gasteiger charge is 2.19. The number of carbonyl (C=O) groups is 1. The van der Waals surface area contributed by atoms with E-state index in [1.807, 2.05) is 6.07 Å². The molecule has 0 fully saturated rings. The van der Waals surface area contributed by atoms with Crippen molar-refractivity contribution in [1.82, 2.24) is 0 Å². The third-order valence-electron chi connectivity index (χ3n) is 4.47. The molecule has 0 atom stereocenters. The van der Waals surface area contributed by atoms with Crippen LogP contribution in [0.5, 0.6) is 0 Å². The van der Waals surface area contributed by atoms with E-state index in [1.54, 1.807) is 0 Å². The first-order valence-electron chi connectivity index (χ1n) is 8.61. The minimum Gasteiger partial charge on any atom is -0.354 e. The molecule has 134 valence electrons. The number of benzene rings is 2. The van der Waals surface area contributed by atoms with E-state index >= 15 is 0 Å². The van der Waals surface area contributed by atoms with Crippen molar-refractivity contribution in [2.24, 2.45) is 0 Å². The average Bonchev–Trinajstić information content (AvgIpc) is 2.48. The van der Waals surface area contributed by atoms with Crippen LogP contribution in [0.2, 0.25) is 0 Å². The van der Waals surface area contributed by atoms with E-state index in [1.165, 1.54) is 5.56 Å². The fourth-order valence-electron chi connectivity index (χ4n) is 2.69. The number of halogens is 1. The van der Waals surface area contributed by atoms with Crippen molar-refractivity contribution in [2.75, 3.05) is 5.32 Å². The number of hydrogen-bond acceptors (Lipinski definition) is 2. The molecule has 0 aliphatic heterocycles. The molecule has 25 heavy (non-hydrogen) atoms. The molecule has 0 aromatic heterocycles. The Labute approximate surface area is 160 Å². The number of hydrogen-bond donors (Lipinski definition) is 1. The van der Waals surface area contributed by atoms with Crippen LogP contribution in [0.4, 0.5) is 11.4 Å².